The molecular weight excluding hydrogens is 446 g/mol. The lowest BCUT2D eigenvalue weighted by atomic mass is 9.98. The van der Waals surface area contributed by atoms with Crippen LogP contribution in [0.15, 0.2) is 51.2 Å². The van der Waals surface area contributed by atoms with E-state index in [1.54, 1.807) is 30.4 Å². The smallest absolute Gasteiger partial charge is 0.248 e. The first-order valence-electron chi connectivity index (χ1n) is 10.4. The van der Waals surface area contributed by atoms with Crippen LogP contribution in [0, 0.1) is 19.8 Å². The minimum absolute atomic E-state index is 0.0601. The molecule has 0 bridgehead atoms. The topological polar surface area (TPSA) is 92.5 Å². The highest BCUT2D eigenvalue weighted by molar-refractivity contribution is 7.89. The molecule has 1 aliphatic heterocycles. The summed E-state index contributed by atoms with van der Waals surface area (Å²) in [7, 11) is -3.87. The molecule has 0 radical (unpaired) electrons. The number of rotatable bonds is 6. The fraction of sp³-hybridized carbons (Fsp3) is 0.304. The van der Waals surface area contributed by atoms with E-state index in [-0.39, 0.29) is 23.1 Å². The Kier molecular flexibility index (Phi) is 6.59. The summed E-state index contributed by atoms with van der Waals surface area (Å²) in [6.07, 6.45) is 4.68. The van der Waals surface area contributed by atoms with E-state index in [0.717, 1.165) is 10.4 Å². The number of piperidine rings is 1. The average molecular weight is 472 g/mol. The Labute approximate surface area is 191 Å². The Morgan fingerprint density at radius 1 is 1.22 bits per heavy atom. The van der Waals surface area contributed by atoms with Crippen LogP contribution in [0.1, 0.15) is 34.7 Å². The molecule has 0 aliphatic carbocycles. The van der Waals surface area contributed by atoms with Gasteiger partial charge in [0.25, 0.3) is 0 Å². The van der Waals surface area contributed by atoms with E-state index in [0.29, 0.717) is 30.8 Å². The fourth-order valence-electron chi connectivity index (χ4n) is 3.73. The number of benzene rings is 1. The van der Waals surface area contributed by atoms with E-state index in [1.807, 2.05) is 48.7 Å². The van der Waals surface area contributed by atoms with Gasteiger partial charge in [0.1, 0.15) is 5.69 Å². The van der Waals surface area contributed by atoms with Crippen LogP contribution in [0.4, 0.5) is 5.69 Å². The molecule has 1 aromatic carbocycles. The first-order chi connectivity index (χ1) is 15.3. The van der Waals surface area contributed by atoms with Crippen LogP contribution < -0.4 is 5.32 Å². The second-order valence-corrected chi connectivity index (χ2v) is 10.7. The Morgan fingerprint density at radius 2 is 2.00 bits per heavy atom. The number of thiophene rings is 1. The highest BCUT2D eigenvalue weighted by Crippen LogP contribution is 2.30. The van der Waals surface area contributed by atoms with E-state index in [2.05, 4.69) is 10.5 Å². The maximum absolute atomic E-state index is 13.5. The summed E-state index contributed by atoms with van der Waals surface area (Å²) in [5, 5.41) is 8.73. The van der Waals surface area contributed by atoms with Gasteiger partial charge >= 0.3 is 0 Å². The van der Waals surface area contributed by atoms with Gasteiger partial charge in [-0.05, 0) is 62.4 Å². The number of hydrogen-bond donors (Lipinski definition) is 1. The van der Waals surface area contributed by atoms with Crippen LogP contribution in [-0.4, -0.2) is 36.9 Å². The highest BCUT2D eigenvalue weighted by atomic mass is 32.2. The van der Waals surface area contributed by atoms with Crippen molar-refractivity contribution < 1.29 is 17.7 Å². The largest absolute Gasteiger partial charge is 0.355 e. The van der Waals surface area contributed by atoms with Crippen molar-refractivity contribution >= 4 is 45.1 Å². The summed E-state index contributed by atoms with van der Waals surface area (Å²) in [5.74, 6) is -0.402. The SMILES string of the molecule is Cc1ccc(NC(=O)C2CCCN(S(=O)(=O)c3c(C)noc3C=Cc3cccs3)C2)cc1. The van der Waals surface area contributed by atoms with Gasteiger partial charge in [0.2, 0.25) is 15.9 Å². The van der Waals surface area contributed by atoms with Crippen LogP contribution in [0.2, 0.25) is 0 Å². The van der Waals surface area contributed by atoms with Crippen molar-refractivity contribution in [1.29, 1.82) is 0 Å². The second kappa shape index (κ2) is 9.40. The number of carbonyl (C=O) groups is 1. The molecule has 168 valence electrons. The molecule has 3 heterocycles. The predicted molar refractivity (Wildman–Crippen MR) is 126 cm³/mol. The predicted octanol–water partition coefficient (Wildman–Crippen LogP) is 4.56. The lowest BCUT2D eigenvalue weighted by Gasteiger charge is -2.31. The van der Waals surface area contributed by atoms with Gasteiger partial charge in [-0.3, -0.25) is 4.79 Å². The molecule has 1 aliphatic rings. The number of nitrogens with one attached hydrogen (secondary N) is 1. The maximum atomic E-state index is 13.5. The lowest BCUT2D eigenvalue weighted by molar-refractivity contribution is -0.120. The minimum Gasteiger partial charge on any atom is -0.355 e. The maximum Gasteiger partial charge on any atom is 0.248 e. The molecule has 32 heavy (non-hydrogen) atoms. The summed E-state index contributed by atoms with van der Waals surface area (Å²) in [6, 6.07) is 11.4. The third kappa shape index (κ3) is 4.85. The summed E-state index contributed by atoms with van der Waals surface area (Å²) in [6.45, 7) is 4.07. The third-order valence-corrected chi connectivity index (χ3v) is 8.31. The van der Waals surface area contributed by atoms with E-state index in [4.69, 9.17) is 4.52 Å². The standard InChI is InChI=1S/C23H25N3O4S2/c1-16-7-9-19(10-8-16)24-23(27)18-5-3-13-26(15-18)32(28,29)22-17(2)25-30-21(22)12-11-20-6-4-14-31-20/h4,6-12,14,18H,3,5,13,15H2,1-2H3,(H,24,27). The number of amides is 1. The van der Waals surface area contributed by atoms with E-state index >= 15 is 0 Å². The molecule has 7 nitrogen and oxygen atoms in total. The second-order valence-electron chi connectivity index (χ2n) is 7.87. The zero-order chi connectivity index (χ0) is 22.7. The van der Waals surface area contributed by atoms with Crippen molar-refractivity contribution in [1.82, 2.24) is 9.46 Å². The minimum atomic E-state index is -3.87. The van der Waals surface area contributed by atoms with Crippen LogP contribution in [0.25, 0.3) is 12.2 Å². The fourth-order valence-corrected chi connectivity index (χ4v) is 6.12. The quantitative estimate of drug-likeness (QED) is 0.569. The monoisotopic (exact) mass is 471 g/mol. The molecule has 9 heteroatoms. The van der Waals surface area contributed by atoms with Crippen molar-refractivity contribution in [3.63, 3.8) is 0 Å². The molecule has 0 spiro atoms. The van der Waals surface area contributed by atoms with Crippen molar-refractivity contribution in [3.8, 4) is 0 Å². The van der Waals surface area contributed by atoms with Crippen molar-refractivity contribution in [2.45, 2.75) is 31.6 Å². The summed E-state index contributed by atoms with van der Waals surface area (Å²) in [4.78, 5) is 13.8. The van der Waals surface area contributed by atoms with E-state index in [1.165, 1.54) is 4.31 Å². The van der Waals surface area contributed by atoms with Gasteiger partial charge < -0.3 is 9.84 Å². The van der Waals surface area contributed by atoms with Crippen molar-refractivity contribution in [3.05, 3.63) is 63.7 Å². The summed E-state index contributed by atoms with van der Waals surface area (Å²) < 4.78 is 33.6. The van der Waals surface area contributed by atoms with Gasteiger partial charge in [-0.2, -0.15) is 4.31 Å². The Bertz CT molecular complexity index is 1210. The molecule has 1 atom stereocenters. The Morgan fingerprint density at radius 3 is 2.72 bits per heavy atom. The molecule has 1 amide bonds. The van der Waals surface area contributed by atoms with Crippen LogP contribution in [0.3, 0.4) is 0 Å². The molecule has 1 fully saturated rings. The van der Waals surface area contributed by atoms with Gasteiger partial charge in [0.05, 0.1) is 5.92 Å². The van der Waals surface area contributed by atoms with E-state index < -0.39 is 15.9 Å². The number of aryl methyl sites for hydroxylation is 2. The molecule has 0 saturated carbocycles. The Hall–Kier alpha value is -2.75. The molecule has 2 aromatic heterocycles. The van der Waals surface area contributed by atoms with Gasteiger partial charge in [0, 0.05) is 23.7 Å². The summed E-state index contributed by atoms with van der Waals surface area (Å²) in [5.41, 5.74) is 2.12. The zero-order valence-corrected chi connectivity index (χ0v) is 19.6. The molecule has 3 aromatic rings. The van der Waals surface area contributed by atoms with Crippen LogP contribution in [-0.2, 0) is 14.8 Å². The number of nitrogens with zero attached hydrogens (tertiary/aromatic N) is 2. The molecule has 1 N–H and O–H groups in total. The molecule has 4 rings (SSSR count). The molecular formula is C23H25N3O4S2. The normalized spacial score (nSPS) is 17.6. The number of aromatic nitrogens is 1. The first kappa shape index (κ1) is 22.4. The van der Waals surface area contributed by atoms with Gasteiger partial charge in [-0.15, -0.1) is 11.3 Å². The van der Waals surface area contributed by atoms with Crippen LogP contribution >= 0.6 is 11.3 Å². The zero-order valence-electron chi connectivity index (χ0n) is 17.9. The average Bonchev–Trinajstić information content (AvgIpc) is 3.43. The number of carbonyl (C=O) groups excluding carboxylic acids is 1. The third-order valence-electron chi connectivity index (χ3n) is 5.45. The lowest BCUT2D eigenvalue weighted by Crippen LogP contribution is -2.43. The highest BCUT2D eigenvalue weighted by Gasteiger charge is 2.36. The first-order valence-corrected chi connectivity index (χ1v) is 12.7. The Balaban J connectivity index is 1.52. The number of sulfonamides is 1. The van der Waals surface area contributed by atoms with Crippen LogP contribution in [0.5, 0.6) is 0 Å². The molecule has 1 saturated heterocycles. The van der Waals surface area contributed by atoms with Gasteiger partial charge in [-0.1, -0.05) is 28.9 Å². The van der Waals surface area contributed by atoms with Gasteiger partial charge in [-0.25, -0.2) is 8.42 Å². The number of anilines is 1. The van der Waals surface area contributed by atoms with Crippen molar-refractivity contribution in [2.24, 2.45) is 5.92 Å². The molecule has 1 unspecified atom stereocenters. The van der Waals surface area contributed by atoms with Gasteiger partial charge in [0.15, 0.2) is 10.7 Å². The van der Waals surface area contributed by atoms with Crippen molar-refractivity contribution in [2.75, 3.05) is 18.4 Å². The van der Waals surface area contributed by atoms with E-state index in [9.17, 15) is 13.2 Å². The number of hydrogen-bond acceptors (Lipinski definition) is 6. The summed E-state index contributed by atoms with van der Waals surface area (Å²) >= 11 is 1.54.